The Morgan fingerprint density at radius 1 is 1.44 bits per heavy atom. The molecule has 6 nitrogen and oxygen atoms in total. The maximum Gasteiger partial charge on any atom is 0.312 e. The van der Waals surface area contributed by atoms with Gasteiger partial charge in [-0.1, -0.05) is 13.8 Å². The molecule has 1 rings (SSSR count). The second-order valence-electron chi connectivity index (χ2n) is 3.81. The number of anilines is 1. The zero-order chi connectivity index (χ0) is 12.3. The van der Waals surface area contributed by atoms with Crippen molar-refractivity contribution in [3.63, 3.8) is 0 Å². The van der Waals surface area contributed by atoms with Crippen LogP contribution in [0.2, 0.25) is 0 Å². The Kier molecular flexibility index (Phi) is 3.76. The lowest BCUT2D eigenvalue weighted by molar-refractivity contribution is -0.386. The van der Waals surface area contributed by atoms with Gasteiger partial charge < -0.3 is 5.32 Å². The van der Waals surface area contributed by atoms with Gasteiger partial charge in [-0.05, 0) is 13.8 Å². The van der Waals surface area contributed by atoms with Crippen LogP contribution in [0.25, 0.3) is 0 Å². The lowest BCUT2D eigenvalue weighted by Gasteiger charge is -2.10. The predicted octanol–water partition coefficient (Wildman–Crippen LogP) is 2.25. The average molecular weight is 224 g/mol. The normalized spacial score (nSPS) is 10.6. The van der Waals surface area contributed by atoms with Crippen molar-refractivity contribution in [2.24, 2.45) is 0 Å². The van der Waals surface area contributed by atoms with E-state index in [1.807, 2.05) is 20.8 Å². The molecule has 0 spiro atoms. The zero-order valence-corrected chi connectivity index (χ0v) is 9.94. The molecule has 88 valence electrons. The van der Waals surface area contributed by atoms with E-state index in [1.54, 1.807) is 6.92 Å². The molecule has 1 aromatic heterocycles. The van der Waals surface area contributed by atoms with Crippen molar-refractivity contribution in [2.45, 2.75) is 33.6 Å². The molecule has 0 aliphatic heterocycles. The van der Waals surface area contributed by atoms with Crippen molar-refractivity contribution in [3.05, 3.63) is 21.5 Å². The van der Waals surface area contributed by atoms with Crippen LogP contribution in [0.4, 0.5) is 11.6 Å². The largest absolute Gasteiger partial charge is 0.354 e. The number of hydrogen-bond acceptors (Lipinski definition) is 5. The standard InChI is InChI=1S/C10H16N4O2/c1-5-11-10-12-7(4)9(14(15)16)8(13-10)6(2)3/h6H,5H2,1-4H3,(H,11,12,13). The van der Waals surface area contributed by atoms with Crippen LogP contribution in [-0.2, 0) is 0 Å². The van der Waals surface area contributed by atoms with E-state index in [0.29, 0.717) is 23.9 Å². The van der Waals surface area contributed by atoms with Crippen molar-refractivity contribution in [1.82, 2.24) is 9.97 Å². The molecule has 0 radical (unpaired) electrons. The molecule has 0 aliphatic carbocycles. The minimum atomic E-state index is -0.416. The topological polar surface area (TPSA) is 81.0 Å². The lowest BCUT2D eigenvalue weighted by Crippen LogP contribution is -2.10. The summed E-state index contributed by atoms with van der Waals surface area (Å²) in [5.41, 5.74) is 0.907. The lowest BCUT2D eigenvalue weighted by atomic mass is 10.1. The number of rotatable bonds is 4. The minimum Gasteiger partial charge on any atom is -0.354 e. The van der Waals surface area contributed by atoms with Crippen LogP contribution in [0.5, 0.6) is 0 Å². The fourth-order valence-electron chi connectivity index (χ4n) is 1.45. The summed E-state index contributed by atoms with van der Waals surface area (Å²) in [7, 11) is 0. The van der Waals surface area contributed by atoms with Gasteiger partial charge in [-0.15, -0.1) is 0 Å². The summed E-state index contributed by atoms with van der Waals surface area (Å²) in [4.78, 5) is 18.7. The highest BCUT2D eigenvalue weighted by Gasteiger charge is 2.23. The van der Waals surface area contributed by atoms with Crippen molar-refractivity contribution in [2.75, 3.05) is 11.9 Å². The van der Waals surface area contributed by atoms with Gasteiger partial charge in [0.15, 0.2) is 0 Å². The van der Waals surface area contributed by atoms with Crippen LogP contribution in [-0.4, -0.2) is 21.4 Å². The van der Waals surface area contributed by atoms with E-state index in [0.717, 1.165) is 0 Å². The van der Waals surface area contributed by atoms with Gasteiger partial charge >= 0.3 is 5.69 Å². The monoisotopic (exact) mass is 224 g/mol. The summed E-state index contributed by atoms with van der Waals surface area (Å²) in [6, 6.07) is 0. The van der Waals surface area contributed by atoms with Crippen molar-refractivity contribution in [1.29, 1.82) is 0 Å². The van der Waals surface area contributed by atoms with Gasteiger partial charge in [-0.2, -0.15) is 0 Å². The quantitative estimate of drug-likeness (QED) is 0.626. The Hall–Kier alpha value is -1.72. The minimum absolute atomic E-state index is 0.000457. The molecule has 16 heavy (non-hydrogen) atoms. The second-order valence-corrected chi connectivity index (χ2v) is 3.81. The van der Waals surface area contributed by atoms with Crippen LogP contribution in [0.1, 0.15) is 38.1 Å². The smallest absolute Gasteiger partial charge is 0.312 e. The molecular formula is C10H16N4O2. The number of aryl methyl sites for hydroxylation is 1. The van der Waals surface area contributed by atoms with Gasteiger partial charge in [0.25, 0.3) is 0 Å². The number of nitrogens with zero attached hydrogens (tertiary/aromatic N) is 3. The first-order valence-corrected chi connectivity index (χ1v) is 5.24. The molecule has 0 saturated carbocycles. The predicted molar refractivity (Wildman–Crippen MR) is 61.7 cm³/mol. The first kappa shape index (κ1) is 12.4. The number of nitrogens with one attached hydrogen (secondary N) is 1. The van der Waals surface area contributed by atoms with E-state index in [9.17, 15) is 10.1 Å². The molecule has 1 aromatic rings. The highest BCUT2D eigenvalue weighted by atomic mass is 16.6. The third kappa shape index (κ3) is 2.44. The van der Waals surface area contributed by atoms with Crippen LogP contribution in [0.3, 0.4) is 0 Å². The molecule has 1 N–H and O–H groups in total. The van der Waals surface area contributed by atoms with Crippen molar-refractivity contribution < 1.29 is 4.92 Å². The summed E-state index contributed by atoms with van der Waals surface area (Å²) >= 11 is 0. The molecule has 0 atom stereocenters. The van der Waals surface area contributed by atoms with Crippen LogP contribution >= 0.6 is 0 Å². The molecule has 6 heteroatoms. The number of nitro groups is 1. The van der Waals surface area contributed by atoms with E-state index in [1.165, 1.54) is 0 Å². The van der Waals surface area contributed by atoms with E-state index < -0.39 is 4.92 Å². The fraction of sp³-hybridized carbons (Fsp3) is 0.600. The molecule has 0 fully saturated rings. The molecule has 0 unspecified atom stereocenters. The van der Waals surface area contributed by atoms with E-state index in [2.05, 4.69) is 15.3 Å². The Bertz CT molecular complexity index is 404. The van der Waals surface area contributed by atoms with Gasteiger partial charge in [0.05, 0.1) is 4.92 Å². The molecule has 0 aromatic carbocycles. The highest BCUT2D eigenvalue weighted by molar-refractivity contribution is 5.45. The van der Waals surface area contributed by atoms with Crippen LogP contribution in [0.15, 0.2) is 0 Å². The van der Waals surface area contributed by atoms with E-state index in [-0.39, 0.29) is 11.6 Å². The number of aromatic nitrogens is 2. The Labute approximate surface area is 94.3 Å². The molecule has 0 bridgehead atoms. The summed E-state index contributed by atoms with van der Waals surface area (Å²) < 4.78 is 0. The first-order valence-electron chi connectivity index (χ1n) is 5.24. The van der Waals surface area contributed by atoms with Gasteiger partial charge in [-0.3, -0.25) is 10.1 Å². The molecule has 1 heterocycles. The van der Waals surface area contributed by atoms with Crippen LogP contribution in [0, 0.1) is 17.0 Å². The maximum atomic E-state index is 10.9. The maximum absolute atomic E-state index is 10.9. The second kappa shape index (κ2) is 4.87. The van der Waals surface area contributed by atoms with Gasteiger partial charge in [0.2, 0.25) is 5.95 Å². The Balaban J connectivity index is 3.33. The molecule has 0 saturated heterocycles. The van der Waals surface area contributed by atoms with Crippen molar-refractivity contribution in [3.8, 4) is 0 Å². The Morgan fingerprint density at radius 2 is 2.06 bits per heavy atom. The molecule has 0 amide bonds. The summed E-state index contributed by atoms with van der Waals surface area (Å²) in [6.07, 6.45) is 0. The third-order valence-corrected chi connectivity index (χ3v) is 2.15. The average Bonchev–Trinajstić information content (AvgIpc) is 2.16. The van der Waals surface area contributed by atoms with E-state index in [4.69, 9.17) is 0 Å². The fourth-order valence-corrected chi connectivity index (χ4v) is 1.45. The van der Waals surface area contributed by atoms with Gasteiger partial charge in [-0.25, -0.2) is 9.97 Å². The zero-order valence-electron chi connectivity index (χ0n) is 9.94. The summed E-state index contributed by atoms with van der Waals surface area (Å²) in [5.74, 6) is 0.453. The van der Waals surface area contributed by atoms with E-state index >= 15 is 0 Å². The van der Waals surface area contributed by atoms with Crippen molar-refractivity contribution >= 4 is 11.6 Å². The molecular weight excluding hydrogens is 208 g/mol. The Morgan fingerprint density at radius 3 is 2.50 bits per heavy atom. The van der Waals surface area contributed by atoms with Gasteiger partial charge in [0.1, 0.15) is 11.4 Å². The summed E-state index contributed by atoms with van der Waals surface area (Å²) in [6.45, 7) is 8.01. The molecule has 0 aliphatic rings. The SMILES string of the molecule is CCNc1nc(C)c([N+](=O)[O-])c(C(C)C)n1. The van der Waals surface area contributed by atoms with Gasteiger partial charge in [0, 0.05) is 12.5 Å². The highest BCUT2D eigenvalue weighted by Crippen LogP contribution is 2.27. The third-order valence-electron chi connectivity index (χ3n) is 2.15. The number of hydrogen-bond donors (Lipinski definition) is 1. The first-order chi connectivity index (χ1) is 7.47. The van der Waals surface area contributed by atoms with Crippen LogP contribution < -0.4 is 5.32 Å². The summed E-state index contributed by atoms with van der Waals surface area (Å²) in [5, 5.41) is 13.9.